The van der Waals surface area contributed by atoms with E-state index in [1.54, 1.807) is 0 Å². The minimum atomic E-state index is -4.56. The van der Waals surface area contributed by atoms with Crippen LogP contribution in [0.15, 0.2) is 12.2 Å². The monoisotopic (exact) mass is 969 g/mol. The van der Waals surface area contributed by atoms with Gasteiger partial charge in [0.2, 0.25) is 5.91 Å². The molecule has 1 amide bonds. The van der Waals surface area contributed by atoms with Gasteiger partial charge in [0, 0.05) is 6.42 Å². The summed E-state index contributed by atoms with van der Waals surface area (Å²) in [6.45, 7) is 4.71. The summed E-state index contributed by atoms with van der Waals surface area (Å²) in [4.78, 5) is 25.3. The third kappa shape index (κ3) is 52.9. The van der Waals surface area contributed by atoms with Crippen LogP contribution < -0.4 is 10.2 Å². The van der Waals surface area contributed by atoms with Crippen LogP contribution in [-0.2, 0) is 18.4 Å². The van der Waals surface area contributed by atoms with Gasteiger partial charge in [-0.3, -0.25) is 9.36 Å². The van der Waals surface area contributed by atoms with Crippen LogP contribution in [0.2, 0.25) is 0 Å². The molecule has 0 radical (unpaired) electrons. The smallest absolute Gasteiger partial charge is 0.268 e. The third-order valence-corrected chi connectivity index (χ3v) is 14.7. The average Bonchev–Trinajstić information content (AvgIpc) is 3.29. The van der Waals surface area contributed by atoms with Crippen LogP contribution >= 0.6 is 7.82 Å². The molecular weight excluding hydrogens is 852 g/mol. The second-order valence-electron chi connectivity index (χ2n) is 21.7. The fraction of sp³-hybridized carbons (Fsp3) is 0.948. The number of amides is 1. The quantitative estimate of drug-likeness (QED) is 0.0272. The lowest BCUT2D eigenvalue weighted by molar-refractivity contribution is -0.870. The standard InChI is InChI=1S/C58H117N2O6P/c1-6-8-10-12-14-16-17-18-19-20-21-22-23-24-25-26-27-28-29-30-31-32-33-34-35-36-37-38-39-40-41-42-43-44-46-48-50-52-58(62)59-56(55-66-67(63,64)65-54-53-60(3,4)5)57(61)51-49-47-45-15-13-11-9-7-2/h20-21,56-57,61H,6-19,22-55H2,1-5H3,(H-,59,62,63,64)/b21-20-. The number of nitrogens with zero attached hydrogens (tertiary/aromatic N) is 1. The van der Waals surface area contributed by atoms with Crippen molar-refractivity contribution in [2.24, 2.45) is 0 Å². The van der Waals surface area contributed by atoms with Gasteiger partial charge < -0.3 is 28.8 Å². The Morgan fingerprint density at radius 3 is 1.16 bits per heavy atom. The molecule has 0 bridgehead atoms. The summed E-state index contributed by atoms with van der Waals surface area (Å²) in [5.41, 5.74) is 0. The maximum absolute atomic E-state index is 12.9. The molecular formula is C58H117N2O6P. The Kier molecular flexibility index (Phi) is 49.6. The van der Waals surface area contributed by atoms with Gasteiger partial charge in [-0.1, -0.05) is 270 Å². The molecule has 0 fully saturated rings. The number of phosphoric ester groups is 1. The zero-order valence-electron chi connectivity index (χ0n) is 45.6. The van der Waals surface area contributed by atoms with E-state index in [0.29, 0.717) is 23.9 Å². The highest BCUT2D eigenvalue weighted by Gasteiger charge is 2.24. The summed E-state index contributed by atoms with van der Waals surface area (Å²) in [6.07, 6.45) is 61.6. The third-order valence-electron chi connectivity index (χ3n) is 13.8. The average molecular weight is 970 g/mol. The van der Waals surface area contributed by atoms with Crippen molar-refractivity contribution in [3.63, 3.8) is 0 Å². The van der Waals surface area contributed by atoms with Crippen molar-refractivity contribution in [3.05, 3.63) is 12.2 Å². The highest BCUT2D eigenvalue weighted by Crippen LogP contribution is 2.38. The molecule has 0 saturated carbocycles. The molecule has 0 aromatic rings. The molecule has 0 aromatic carbocycles. The maximum Gasteiger partial charge on any atom is 0.268 e. The number of carbonyl (C=O) groups excluding carboxylic acids is 1. The van der Waals surface area contributed by atoms with E-state index in [9.17, 15) is 19.4 Å². The molecule has 0 aliphatic heterocycles. The van der Waals surface area contributed by atoms with E-state index in [1.807, 2.05) is 21.1 Å². The van der Waals surface area contributed by atoms with Crippen molar-refractivity contribution in [3.8, 4) is 0 Å². The number of hydrogen-bond acceptors (Lipinski definition) is 6. The fourth-order valence-electron chi connectivity index (χ4n) is 9.10. The van der Waals surface area contributed by atoms with Gasteiger partial charge in [0.1, 0.15) is 13.2 Å². The first-order valence-corrected chi connectivity index (χ1v) is 31.0. The Balaban J connectivity index is 3.75. The first-order chi connectivity index (χ1) is 32.5. The second kappa shape index (κ2) is 50.2. The van der Waals surface area contributed by atoms with Crippen molar-refractivity contribution in [2.75, 3.05) is 40.9 Å². The summed E-state index contributed by atoms with van der Waals surface area (Å²) in [5, 5.41) is 13.9. The van der Waals surface area contributed by atoms with Gasteiger partial charge in [-0.15, -0.1) is 0 Å². The van der Waals surface area contributed by atoms with Gasteiger partial charge in [-0.05, 0) is 38.5 Å². The van der Waals surface area contributed by atoms with Gasteiger partial charge >= 0.3 is 0 Å². The number of carbonyl (C=O) groups is 1. The van der Waals surface area contributed by atoms with E-state index in [0.717, 1.165) is 38.5 Å². The van der Waals surface area contributed by atoms with Crippen LogP contribution in [-0.4, -0.2) is 68.5 Å². The Labute approximate surface area is 418 Å². The molecule has 0 rings (SSSR count). The molecule has 3 atom stereocenters. The SMILES string of the molecule is CCCCCCCCCC/C=C\CCCCCCCCCCCCCCCCCCCCCCCCCCCC(=O)NC(COP(=O)([O-])OCC[N+](C)(C)C)C(O)CCCCCCCCCC. The number of allylic oxidation sites excluding steroid dienone is 2. The van der Waals surface area contributed by atoms with Crippen molar-refractivity contribution in [1.82, 2.24) is 5.32 Å². The molecule has 400 valence electrons. The van der Waals surface area contributed by atoms with Crippen LogP contribution in [0.4, 0.5) is 0 Å². The molecule has 0 heterocycles. The molecule has 8 nitrogen and oxygen atoms in total. The van der Waals surface area contributed by atoms with E-state index in [-0.39, 0.29) is 19.1 Å². The van der Waals surface area contributed by atoms with Crippen molar-refractivity contribution < 1.29 is 32.9 Å². The highest BCUT2D eigenvalue weighted by molar-refractivity contribution is 7.45. The summed E-state index contributed by atoms with van der Waals surface area (Å²) in [7, 11) is 1.32. The van der Waals surface area contributed by atoms with Crippen LogP contribution in [0.3, 0.4) is 0 Å². The normalized spacial score (nSPS) is 14.0. The van der Waals surface area contributed by atoms with Crippen molar-refractivity contribution >= 4 is 13.7 Å². The maximum atomic E-state index is 12.9. The lowest BCUT2D eigenvalue weighted by Gasteiger charge is -2.30. The minimum Gasteiger partial charge on any atom is -0.756 e. The van der Waals surface area contributed by atoms with E-state index in [1.165, 1.54) is 238 Å². The summed E-state index contributed by atoms with van der Waals surface area (Å²) < 4.78 is 23.3. The van der Waals surface area contributed by atoms with Gasteiger partial charge in [-0.25, -0.2) is 0 Å². The van der Waals surface area contributed by atoms with Gasteiger partial charge in [0.05, 0.1) is 39.9 Å². The van der Waals surface area contributed by atoms with E-state index < -0.39 is 20.0 Å². The van der Waals surface area contributed by atoms with E-state index >= 15 is 0 Å². The fourth-order valence-corrected chi connectivity index (χ4v) is 9.82. The topological polar surface area (TPSA) is 108 Å². The zero-order valence-corrected chi connectivity index (χ0v) is 46.5. The number of hydrogen-bond donors (Lipinski definition) is 2. The molecule has 9 heteroatoms. The number of quaternary nitrogens is 1. The van der Waals surface area contributed by atoms with Gasteiger partial charge in [0.25, 0.3) is 7.82 Å². The van der Waals surface area contributed by atoms with E-state index in [2.05, 4.69) is 31.3 Å². The van der Waals surface area contributed by atoms with Crippen LogP contribution in [0, 0.1) is 0 Å². The lowest BCUT2D eigenvalue weighted by atomic mass is 10.0. The molecule has 3 unspecified atom stereocenters. The first-order valence-electron chi connectivity index (χ1n) is 29.5. The van der Waals surface area contributed by atoms with Crippen LogP contribution in [0.5, 0.6) is 0 Å². The van der Waals surface area contributed by atoms with Gasteiger partial charge in [0.15, 0.2) is 0 Å². The van der Waals surface area contributed by atoms with Crippen LogP contribution in [0.25, 0.3) is 0 Å². The number of aliphatic hydroxyl groups is 1. The van der Waals surface area contributed by atoms with E-state index in [4.69, 9.17) is 9.05 Å². The van der Waals surface area contributed by atoms with Gasteiger partial charge in [-0.2, -0.15) is 0 Å². The minimum absolute atomic E-state index is 0.0150. The Morgan fingerprint density at radius 2 is 0.821 bits per heavy atom. The van der Waals surface area contributed by atoms with Crippen molar-refractivity contribution in [1.29, 1.82) is 0 Å². The summed E-state index contributed by atoms with van der Waals surface area (Å²) in [6, 6.07) is -0.793. The number of likely N-dealkylation sites (N-methyl/N-ethyl adjacent to an activating group) is 1. The number of nitrogens with one attached hydrogen (secondary N) is 1. The Bertz CT molecular complexity index is 1100. The number of aliphatic hydroxyl groups excluding tert-OH is 1. The second-order valence-corrected chi connectivity index (χ2v) is 23.1. The number of rotatable bonds is 55. The molecule has 0 saturated heterocycles. The number of phosphoric acid groups is 1. The number of unbranched alkanes of at least 4 members (excludes halogenated alkanes) is 40. The Hall–Kier alpha value is -0.760. The Morgan fingerprint density at radius 1 is 0.507 bits per heavy atom. The molecule has 0 spiro atoms. The molecule has 2 N–H and O–H groups in total. The van der Waals surface area contributed by atoms with Crippen molar-refractivity contribution in [2.45, 2.75) is 315 Å². The predicted molar refractivity (Wildman–Crippen MR) is 289 cm³/mol. The lowest BCUT2D eigenvalue weighted by Crippen LogP contribution is -2.46. The first kappa shape index (κ1) is 66.2. The molecule has 0 aliphatic carbocycles. The summed E-state index contributed by atoms with van der Waals surface area (Å²) >= 11 is 0. The molecule has 67 heavy (non-hydrogen) atoms. The highest BCUT2D eigenvalue weighted by atomic mass is 31.2. The zero-order chi connectivity index (χ0) is 49.2. The summed E-state index contributed by atoms with van der Waals surface area (Å²) in [5.74, 6) is -0.162. The largest absolute Gasteiger partial charge is 0.756 e. The molecule has 0 aliphatic rings. The van der Waals surface area contributed by atoms with Crippen LogP contribution in [0.1, 0.15) is 303 Å². The predicted octanol–water partition coefficient (Wildman–Crippen LogP) is 17.2. The molecule has 0 aromatic heterocycles.